The maximum Gasteiger partial charge on any atom is 0.149 e. The Bertz CT molecular complexity index is 399. The molecular formula is C14H19NO. The van der Waals surface area contributed by atoms with Crippen LogP contribution in [0.2, 0.25) is 0 Å². The van der Waals surface area contributed by atoms with Gasteiger partial charge in [-0.05, 0) is 38.8 Å². The second kappa shape index (κ2) is 6.19. The van der Waals surface area contributed by atoms with Crippen LogP contribution in [0.3, 0.4) is 0 Å². The minimum absolute atomic E-state index is 0.140. The topological polar surface area (TPSA) is 35.2 Å². The first-order valence-corrected chi connectivity index (χ1v) is 5.51. The van der Waals surface area contributed by atoms with Crippen molar-refractivity contribution in [3.05, 3.63) is 29.3 Å². The van der Waals surface area contributed by atoms with Gasteiger partial charge in [-0.25, -0.2) is 0 Å². The highest BCUT2D eigenvalue weighted by Crippen LogP contribution is 2.21. The molecule has 2 nitrogen and oxygen atoms in total. The standard InChI is InChI=1S/C14H19NO/c1-4-5-8-16-14-7-6-11(2)9-13(14)10-12(3)15/h6-7,9,12H,8,10,15H2,1-3H3. The molecule has 1 rings (SSSR count). The van der Waals surface area contributed by atoms with Crippen molar-refractivity contribution in [1.82, 2.24) is 0 Å². The lowest BCUT2D eigenvalue weighted by Crippen LogP contribution is -2.18. The van der Waals surface area contributed by atoms with Crippen LogP contribution >= 0.6 is 0 Å². The fourth-order valence-electron chi connectivity index (χ4n) is 1.54. The fourth-order valence-corrected chi connectivity index (χ4v) is 1.54. The van der Waals surface area contributed by atoms with Gasteiger partial charge >= 0.3 is 0 Å². The van der Waals surface area contributed by atoms with Gasteiger partial charge in [0.15, 0.2) is 0 Å². The summed E-state index contributed by atoms with van der Waals surface area (Å²) in [5.74, 6) is 6.59. The number of hydrogen-bond acceptors (Lipinski definition) is 2. The smallest absolute Gasteiger partial charge is 0.149 e. The molecule has 0 fully saturated rings. The molecule has 1 atom stereocenters. The Morgan fingerprint density at radius 3 is 2.81 bits per heavy atom. The monoisotopic (exact) mass is 217 g/mol. The van der Waals surface area contributed by atoms with Gasteiger partial charge in [0, 0.05) is 6.04 Å². The molecule has 0 spiro atoms. The lowest BCUT2D eigenvalue weighted by molar-refractivity contribution is 0.365. The van der Waals surface area contributed by atoms with E-state index in [1.165, 1.54) is 5.56 Å². The second-order valence-corrected chi connectivity index (χ2v) is 4.01. The van der Waals surface area contributed by atoms with Gasteiger partial charge in [0.1, 0.15) is 12.4 Å². The van der Waals surface area contributed by atoms with Crippen molar-refractivity contribution < 1.29 is 4.74 Å². The highest BCUT2D eigenvalue weighted by atomic mass is 16.5. The van der Waals surface area contributed by atoms with Crippen molar-refractivity contribution in [2.45, 2.75) is 33.2 Å². The molecule has 0 saturated heterocycles. The van der Waals surface area contributed by atoms with E-state index in [1.807, 2.05) is 19.1 Å². The zero-order valence-corrected chi connectivity index (χ0v) is 10.2. The Labute approximate surface area is 97.8 Å². The third kappa shape index (κ3) is 3.96. The Morgan fingerprint density at radius 1 is 1.44 bits per heavy atom. The molecule has 16 heavy (non-hydrogen) atoms. The van der Waals surface area contributed by atoms with E-state index < -0.39 is 0 Å². The van der Waals surface area contributed by atoms with Crippen LogP contribution in [0.1, 0.15) is 25.0 Å². The van der Waals surface area contributed by atoms with Crippen LogP contribution in [-0.2, 0) is 6.42 Å². The number of rotatable bonds is 4. The molecule has 0 aliphatic rings. The van der Waals surface area contributed by atoms with Gasteiger partial charge in [0.25, 0.3) is 0 Å². The molecule has 0 heterocycles. The number of nitrogens with two attached hydrogens (primary N) is 1. The van der Waals surface area contributed by atoms with E-state index in [4.69, 9.17) is 10.5 Å². The average Bonchev–Trinajstić information content (AvgIpc) is 2.20. The van der Waals surface area contributed by atoms with Crippen molar-refractivity contribution in [2.75, 3.05) is 6.61 Å². The van der Waals surface area contributed by atoms with Crippen LogP contribution < -0.4 is 10.5 Å². The van der Waals surface area contributed by atoms with E-state index in [9.17, 15) is 0 Å². The summed E-state index contributed by atoms with van der Waals surface area (Å²) in [5, 5.41) is 0. The summed E-state index contributed by atoms with van der Waals surface area (Å²) in [7, 11) is 0. The van der Waals surface area contributed by atoms with Crippen LogP contribution in [0.4, 0.5) is 0 Å². The molecule has 0 saturated carbocycles. The first-order chi connectivity index (χ1) is 7.63. The fraction of sp³-hybridized carbons (Fsp3) is 0.429. The molecule has 2 heteroatoms. The van der Waals surface area contributed by atoms with Crippen molar-refractivity contribution in [2.24, 2.45) is 5.73 Å². The third-order valence-electron chi connectivity index (χ3n) is 2.23. The summed E-state index contributed by atoms with van der Waals surface area (Å²) in [5.41, 5.74) is 8.20. The molecule has 0 amide bonds. The van der Waals surface area contributed by atoms with Crippen molar-refractivity contribution in [3.8, 4) is 17.6 Å². The highest BCUT2D eigenvalue weighted by Gasteiger charge is 2.06. The van der Waals surface area contributed by atoms with Crippen LogP contribution in [-0.4, -0.2) is 12.6 Å². The van der Waals surface area contributed by atoms with Gasteiger partial charge in [-0.1, -0.05) is 23.6 Å². The van der Waals surface area contributed by atoms with E-state index in [-0.39, 0.29) is 6.04 Å². The van der Waals surface area contributed by atoms with E-state index in [1.54, 1.807) is 6.92 Å². The van der Waals surface area contributed by atoms with E-state index in [0.29, 0.717) is 6.61 Å². The van der Waals surface area contributed by atoms with Crippen LogP contribution in [0, 0.1) is 18.8 Å². The maximum atomic E-state index is 5.81. The average molecular weight is 217 g/mol. The summed E-state index contributed by atoms with van der Waals surface area (Å²) in [6, 6.07) is 6.29. The van der Waals surface area contributed by atoms with Gasteiger partial charge in [0.2, 0.25) is 0 Å². The maximum absolute atomic E-state index is 5.81. The Hall–Kier alpha value is -1.46. The summed E-state index contributed by atoms with van der Waals surface area (Å²) >= 11 is 0. The molecule has 1 aromatic carbocycles. The predicted molar refractivity (Wildman–Crippen MR) is 67.5 cm³/mol. The Balaban J connectivity index is 2.83. The van der Waals surface area contributed by atoms with Crippen molar-refractivity contribution in [1.29, 1.82) is 0 Å². The molecule has 0 bridgehead atoms. The lowest BCUT2D eigenvalue weighted by atomic mass is 10.0. The van der Waals surface area contributed by atoms with Crippen LogP contribution in [0.5, 0.6) is 5.75 Å². The van der Waals surface area contributed by atoms with Crippen LogP contribution in [0.25, 0.3) is 0 Å². The molecule has 0 radical (unpaired) electrons. The van der Waals surface area contributed by atoms with E-state index in [2.05, 4.69) is 24.8 Å². The van der Waals surface area contributed by atoms with Gasteiger partial charge < -0.3 is 10.5 Å². The Kier molecular flexibility index (Phi) is 4.88. The number of ether oxygens (including phenoxy) is 1. The molecular weight excluding hydrogens is 198 g/mol. The zero-order chi connectivity index (χ0) is 12.0. The lowest BCUT2D eigenvalue weighted by Gasteiger charge is -2.12. The number of hydrogen-bond donors (Lipinski definition) is 1. The zero-order valence-electron chi connectivity index (χ0n) is 10.2. The molecule has 0 aliphatic carbocycles. The van der Waals surface area contributed by atoms with Gasteiger partial charge in [0.05, 0.1) is 0 Å². The Morgan fingerprint density at radius 2 is 2.19 bits per heavy atom. The minimum atomic E-state index is 0.140. The van der Waals surface area contributed by atoms with Gasteiger partial charge in [-0.15, -0.1) is 5.92 Å². The van der Waals surface area contributed by atoms with Crippen LogP contribution in [0.15, 0.2) is 18.2 Å². The quantitative estimate of drug-likeness (QED) is 0.785. The summed E-state index contributed by atoms with van der Waals surface area (Å²) in [4.78, 5) is 0. The number of aryl methyl sites for hydroxylation is 1. The predicted octanol–water partition coefficient (Wildman–Crippen LogP) is 2.29. The molecule has 0 aromatic heterocycles. The summed E-state index contributed by atoms with van der Waals surface area (Å²) in [6.07, 6.45) is 0.830. The first kappa shape index (κ1) is 12.6. The molecule has 1 unspecified atom stereocenters. The first-order valence-electron chi connectivity index (χ1n) is 5.51. The molecule has 86 valence electrons. The van der Waals surface area contributed by atoms with E-state index >= 15 is 0 Å². The molecule has 0 aliphatic heterocycles. The summed E-state index contributed by atoms with van der Waals surface area (Å²) in [6.45, 7) is 6.31. The second-order valence-electron chi connectivity index (χ2n) is 4.01. The minimum Gasteiger partial charge on any atom is -0.481 e. The third-order valence-corrected chi connectivity index (χ3v) is 2.23. The normalized spacial score (nSPS) is 11.5. The van der Waals surface area contributed by atoms with Gasteiger partial charge in [-0.2, -0.15) is 0 Å². The van der Waals surface area contributed by atoms with Crippen molar-refractivity contribution in [3.63, 3.8) is 0 Å². The number of benzene rings is 1. The summed E-state index contributed by atoms with van der Waals surface area (Å²) < 4.78 is 5.60. The molecule has 2 N–H and O–H groups in total. The van der Waals surface area contributed by atoms with E-state index in [0.717, 1.165) is 17.7 Å². The largest absolute Gasteiger partial charge is 0.481 e. The van der Waals surface area contributed by atoms with Crippen molar-refractivity contribution >= 4 is 0 Å². The molecule has 1 aromatic rings. The highest BCUT2D eigenvalue weighted by molar-refractivity contribution is 5.37. The SMILES string of the molecule is CC#CCOc1ccc(C)cc1CC(C)N. The van der Waals surface area contributed by atoms with Gasteiger partial charge in [-0.3, -0.25) is 0 Å².